The Bertz CT molecular complexity index is 1060. The van der Waals surface area contributed by atoms with E-state index in [0.717, 1.165) is 51.3 Å². The zero-order chi connectivity index (χ0) is 20.7. The average molecular weight is 438 g/mol. The van der Waals surface area contributed by atoms with Gasteiger partial charge in [-0.3, -0.25) is 4.98 Å². The SMILES string of the molecule is Cc1ccc(-c2ccc([C@@H]3[C@H](c4ccccn4)NC(=S)N3C3CCCC3)o2)cc1Cl. The summed E-state index contributed by atoms with van der Waals surface area (Å²) in [4.78, 5) is 6.96. The molecule has 3 aromatic rings. The van der Waals surface area contributed by atoms with Crippen LogP contribution in [0.1, 0.15) is 54.8 Å². The van der Waals surface area contributed by atoms with Crippen molar-refractivity contribution < 1.29 is 4.42 Å². The molecular formula is C24H24ClN3OS. The summed E-state index contributed by atoms with van der Waals surface area (Å²) in [6.45, 7) is 2.00. The van der Waals surface area contributed by atoms with Crippen molar-refractivity contribution in [2.24, 2.45) is 0 Å². The van der Waals surface area contributed by atoms with Crippen LogP contribution in [0.4, 0.5) is 0 Å². The molecule has 0 spiro atoms. The smallest absolute Gasteiger partial charge is 0.170 e. The van der Waals surface area contributed by atoms with Crippen LogP contribution in [0.3, 0.4) is 0 Å². The summed E-state index contributed by atoms with van der Waals surface area (Å²) in [6, 6.07) is 16.5. The van der Waals surface area contributed by atoms with Crippen molar-refractivity contribution >= 4 is 28.9 Å². The Kier molecular flexibility index (Phi) is 5.25. The molecule has 2 aliphatic rings. The maximum Gasteiger partial charge on any atom is 0.170 e. The van der Waals surface area contributed by atoms with Gasteiger partial charge in [-0.1, -0.05) is 42.6 Å². The normalized spacial score (nSPS) is 21.9. The molecule has 6 heteroatoms. The maximum absolute atomic E-state index is 6.41. The molecule has 0 radical (unpaired) electrons. The van der Waals surface area contributed by atoms with Gasteiger partial charge in [0.2, 0.25) is 0 Å². The highest BCUT2D eigenvalue weighted by Crippen LogP contribution is 2.44. The summed E-state index contributed by atoms with van der Waals surface area (Å²) >= 11 is 12.1. The second-order valence-electron chi connectivity index (χ2n) is 8.14. The van der Waals surface area contributed by atoms with Crippen molar-refractivity contribution in [3.05, 3.63) is 76.8 Å². The molecule has 3 heterocycles. The number of nitrogens with one attached hydrogen (secondary N) is 1. The van der Waals surface area contributed by atoms with E-state index in [1.165, 1.54) is 12.8 Å². The van der Waals surface area contributed by atoms with Crippen molar-refractivity contribution in [1.29, 1.82) is 0 Å². The third-order valence-corrected chi connectivity index (χ3v) is 6.96. The Morgan fingerprint density at radius 2 is 1.97 bits per heavy atom. The summed E-state index contributed by atoms with van der Waals surface area (Å²) in [5.74, 6) is 1.72. The van der Waals surface area contributed by atoms with E-state index >= 15 is 0 Å². The Balaban J connectivity index is 1.54. The van der Waals surface area contributed by atoms with Gasteiger partial charge in [-0.25, -0.2) is 0 Å². The fourth-order valence-electron chi connectivity index (χ4n) is 4.66. The number of nitrogens with zero attached hydrogens (tertiary/aromatic N) is 2. The molecule has 1 N–H and O–H groups in total. The van der Waals surface area contributed by atoms with Gasteiger partial charge < -0.3 is 14.6 Å². The highest BCUT2D eigenvalue weighted by molar-refractivity contribution is 7.80. The van der Waals surface area contributed by atoms with E-state index in [1.807, 2.05) is 49.5 Å². The summed E-state index contributed by atoms with van der Waals surface area (Å²) < 4.78 is 6.41. The standard InChI is InChI=1S/C24H24ClN3OS/c1-15-9-10-16(14-18(15)25)20-11-12-21(29-20)23-22(19-8-4-5-13-26-19)27-24(30)28(23)17-6-2-3-7-17/h4-5,8-14,17,22-23H,2-3,6-7H2,1H3,(H,27,30)/t22-,23+/m0/s1. The highest BCUT2D eigenvalue weighted by atomic mass is 35.5. The number of hydrogen-bond donors (Lipinski definition) is 1. The van der Waals surface area contributed by atoms with Crippen molar-refractivity contribution in [3.8, 4) is 11.3 Å². The molecule has 1 aliphatic heterocycles. The first-order chi connectivity index (χ1) is 14.6. The minimum atomic E-state index is -0.0418. The van der Waals surface area contributed by atoms with Crippen LogP contribution in [0.2, 0.25) is 5.02 Å². The summed E-state index contributed by atoms with van der Waals surface area (Å²) in [5.41, 5.74) is 3.01. The van der Waals surface area contributed by atoms with Crippen molar-refractivity contribution in [2.45, 2.75) is 50.7 Å². The second-order valence-corrected chi connectivity index (χ2v) is 8.93. The van der Waals surface area contributed by atoms with Gasteiger partial charge in [0.25, 0.3) is 0 Å². The number of aromatic nitrogens is 1. The lowest BCUT2D eigenvalue weighted by Gasteiger charge is -2.31. The van der Waals surface area contributed by atoms with Crippen molar-refractivity contribution in [1.82, 2.24) is 15.2 Å². The van der Waals surface area contributed by atoms with Crippen molar-refractivity contribution in [3.63, 3.8) is 0 Å². The molecule has 154 valence electrons. The zero-order valence-electron chi connectivity index (χ0n) is 16.8. The lowest BCUT2D eigenvalue weighted by atomic mass is 10.0. The van der Waals surface area contributed by atoms with E-state index in [-0.39, 0.29) is 12.1 Å². The average Bonchev–Trinajstić information content (AvgIpc) is 3.50. The first-order valence-corrected chi connectivity index (χ1v) is 11.3. The predicted molar refractivity (Wildman–Crippen MR) is 123 cm³/mol. The Labute approximate surface area is 187 Å². The van der Waals surface area contributed by atoms with E-state index in [0.29, 0.717) is 6.04 Å². The van der Waals surface area contributed by atoms with E-state index in [1.54, 1.807) is 0 Å². The van der Waals surface area contributed by atoms with Crippen LogP contribution >= 0.6 is 23.8 Å². The molecule has 0 bridgehead atoms. The molecule has 5 rings (SSSR count). The van der Waals surface area contributed by atoms with Gasteiger partial charge in [-0.15, -0.1) is 0 Å². The van der Waals surface area contributed by atoms with Gasteiger partial charge in [-0.2, -0.15) is 0 Å². The number of furan rings is 1. The number of aryl methyl sites for hydroxylation is 1. The number of thiocarbonyl (C=S) groups is 1. The molecule has 0 unspecified atom stereocenters. The molecule has 30 heavy (non-hydrogen) atoms. The topological polar surface area (TPSA) is 41.3 Å². The third-order valence-electron chi connectivity index (χ3n) is 6.23. The summed E-state index contributed by atoms with van der Waals surface area (Å²) in [7, 11) is 0. The number of benzene rings is 1. The van der Waals surface area contributed by atoms with E-state index in [2.05, 4.69) is 27.3 Å². The largest absolute Gasteiger partial charge is 0.459 e. The van der Waals surface area contributed by atoms with Crippen LogP contribution in [0.5, 0.6) is 0 Å². The van der Waals surface area contributed by atoms with Crippen LogP contribution < -0.4 is 5.32 Å². The minimum absolute atomic E-state index is 0.0230. The van der Waals surface area contributed by atoms with Gasteiger partial charge in [0.1, 0.15) is 17.6 Å². The van der Waals surface area contributed by atoms with Gasteiger partial charge in [0.05, 0.1) is 11.7 Å². The molecule has 1 saturated heterocycles. The van der Waals surface area contributed by atoms with Gasteiger partial charge >= 0.3 is 0 Å². The molecule has 1 aliphatic carbocycles. The molecule has 1 saturated carbocycles. The van der Waals surface area contributed by atoms with E-state index < -0.39 is 0 Å². The van der Waals surface area contributed by atoms with E-state index in [4.69, 9.17) is 28.2 Å². The highest BCUT2D eigenvalue weighted by Gasteiger charge is 2.45. The number of hydrogen-bond acceptors (Lipinski definition) is 3. The van der Waals surface area contributed by atoms with Gasteiger partial charge in [0.15, 0.2) is 5.11 Å². The lowest BCUT2D eigenvalue weighted by Crippen LogP contribution is -2.37. The minimum Gasteiger partial charge on any atom is -0.459 e. The van der Waals surface area contributed by atoms with E-state index in [9.17, 15) is 0 Å². The van der Waals surface area contributed by atoms with Crippen LogP contribution in [-0.2, 0) is 0 Å². The second kappa shape index (κ2) is 8.05. The number of halogens is 1. The molecule has 1 aromatic carbocycles. The summed E-state index contributed by atoms with van der Waals surface area (Å²) in [5, 5.41) is 5.06. The molecule has 2 aromatic heterocycles. The van der Waals surface area contributed by atoms with Crippen LogP contribution in [-0.4, -0.2) is 21.0 Å². The zero-order valence-corrected chi connectivity index (χ0v) is 18.4. The maximum atomic E-state index is 6.41. The van der Waals surface area contributed by atoms with Crippen LogP contribution in [0.15, 0.2) is 59.1 Å². The molecular weight excluding hydrogens is 414 g/mol. The fourth-order valence-corrected chi connectivity index (χ4v) is 5.23. The Morgan fingerprint density at radius 3 is 2.70 bits per heavy atom. The molecule has 2 atom stereocenters. The van der Waals surface area contributed by atoms with Gasteiger partial charge in [-0.05, 0) is 67.9 Å². The van der Waals surface area contributed by atoms with Crippen LogP contribution in [0, 0.1) is 6.92 Å². The van der Waals surface area contributed by atoms with Crippen molar-refractivity contribution in [2.75, 3.05) is 0 Å². The Morgan fingerprint density at radius 1 is 1.13 bits per heavy atom. The van der Waals surface area contributed by atoms with Gasteiger partial charge in [0, 0.05) is 22.8 Å². The number of pyridine rings is 1. The predicted octanol–water partition coefficient (Wildman–Crippen LogP) is 6.22. The molecule has 4 nitrogen and oxygen atoms in total. The molecule has 2 fully saturated rings. The quantitative estimate of drug-likeness (QED) is 0.491. The molecule has 0 amide bonds. The Hall–Kier alpha value is -2.37. The lowest BCUT2D eigenvalue weighted by molar-refractivity contribution is 0.218. The summed E-state index contributed by atoms with van der Waals surface area (Å²) in [6.07, 6.45) is 6.64. The first-order valence-electron chi connectivity index (χ1n) is 10.5. The number of rotatable bonds is 4. The fraction of sp³-hybridized carbons (Fsp3) is 0.333. The van der Waals surface area contributed by atoms with Crippen LogP contribution in [0.25, 0.3) is 11.3 Å². The first kappa shape index (κ1) is 19.6. The monoisotopic (exact) mass is 437 g/mol. The third kappa shape index (κ3) is 3.50.